The molecule has 7 nitrogen and oxygen atoms in total. The van der Waals surface area contributed by atoms with Crippen molar-refractivity contribution in [2.45, 2.75) is 0 Å². The Morgan fingerprint density at radius 3 is 1.45 bits per heavy atom. The van der Waals surface area contributed by atoms with Crippen LogP contribution >= 0.6 is 0 Å². The molecule has 0 radical (unpaired) electrons. The Hall–Kier alpha value is -9.07. The summed E-state index contributed by atoms with van der Waals surface area (Å²) in [6.07, 6.45) is 0. The highest BCUT2D eigenvalue weighted by atomic mass is 16.3. The van der Waals surface area contributed by atoms with Crippen LogP contribution in [0.1, 0.15) is 0 Å². The van der Waals surface area contributed by atoms with Crippen molar-refractivity contribution in [3.05, 3.63) is 194 Å². The van der Waals surface area contributed by atoms with E-state index in [1.165, 1.54) is 5.39 Å². The largest absolute Gasteiger partial charge is 0.456 e. The second-order valence-corrected chi connectivity index (χ2v) is 17.1. The fourth-order valence-electron chi connectivity index (χ4n) is 10.4. The number of furan rings is 3. The molecule has 0 spiro atoms. The minimum atomic E-state index is 0.536. The second kappa shape index (κ2) is 13.2. The summed E-state index contributed by atoms with van der Waals surface area (Å²) in [5.41, 5.74) is 10.5. The number of aromatic nitrogens is 4. The van der Waals surface area contributed by atoms with Gasteiger partial charge in [0.25, 0.3) is 0 Å². The van der Waals surface area contributed by atoms with Crippen molar-refractivity contribution in [1.29, 1.82) is 0 Å². The first-order chi connectivity index (χ1) is 32.7. The van der Waals surface area contributed by atoms with Crippen molar-refractivity contribution in [1.82, 2.24) is 19.5 Å². The minimum absolute atomic E-state index is 0.536. The molecular formula is C59H32N4O3. The van der Waals surface area contributed by atoms with E-state index in [2.05, 4.69) is 132 Å². The van der Waals surface area contributed by atoms with Gasteiger partial charge < -0.3 is 17.8 Å². The fourth-order valence-corrected chi connectivity index (χ4v) is 10.4. The Labute approximate surface area is 374 Å². The van der Waals surface area contributed by atoms with Crippen LogP contribution in [0.15, 0.2) is 207 Å². The van der Waals surface area contributed by atoms with Gasteiger partial charge >= 0.3 is 0 Å². The summed E-state index contributed by atoms with van der Waals surface area (Å²) in [5.74, 6) is 1.62. The first-order valence-corrected chi connectivity index (χ1v) is 22.1. The zero-order chi connectivity index (χ0) is 43.0. The summed E-state index contributed by atoms with van der Waals surface area (Å²) in [7, 11) is 0. The smallest absolute Gasteiger partial charge is 0.166 e. The van der Waals surface area contributed by atoms with Gasteiger partial charge in [0.05, 0.1) is 27.7 Å². The summed E-state index contributed by atoms with van der Waals surface area (Å²) in [6.45, 7) is 0. The molecule has 0 saturated carbocycles. The summed E-state index contributed by atoms with van der Waals surface area (Å²) < 4.78 is 21.9. The Bertz CT molecular complexity index is 4420. The molecule has 66 heavy (non-hydrogen) atoms. The van der Waals surface area contributed by atoms with Crippen LogP contribution in [0.5, 0.6) is 0 Å². The maximum Gasteiger partial charge on any atom is 0.166 e. The first-order valence-electron chi connectivity index (χ1n) is 22.1. The van der Waals surface area contributed by atoms with Gasteiger partial charge in [-0.2, -0.15) is 0 Å². The zero-order valence-corrected chi connectivity index (χ0v) is 35.0. The third-order valence-electron chi connectivity index (χ3n) is 13.4. The highest BCUT2D eigenvalue weighted by Gasteiger charge is 2.28. The Morgan fingerprint density at radius 1 is 0.318 bits per heavy atom. The van der Waals surface area contributed by atoms with Crippen LogP contribution in [0.3, 0.4) is 0 Å². The molecule has 0 bridgehead atoms. The van der Waals surface area contributed by atoms with E-state index in [9.17, 15) is 0 Å². The van der Waals surface area contributed by atoms with Gasteiger partial charge in [-0.15, -0.1) is 0 Å². The van der Waals surface area contributed by atoms with Gasteiger partial charge in [0.1, 0.15) is 33.5 Å². The normalized spacial score (nSPS) is 12.2. The number of hydrogen-bond donors (Lipinski definition) is 0. The van der Waals surface area contributed by atoms with Crippen LogP contribution in [0.2, 0.25) is 0 Å². The average Bonchev–Trinajstić information content (AvgIpc) is 4.14. The van der Waals surface area contributed by atoms with Gasteiger partial charge in [0, 0.05) is 54.2 Å². The van der Waals surface area contributed by atoms with Crippen LogP contribution in [-0.4, -0.2) is 19.5 Å². The maximum absolute atomic E-state index is 6.93. The molecule has 0 amide bonds. The Morgan fingerprint density at radius 2 is 0.803 bits per heavy atom. The Kier molecular flexibility index (Phi) is 7.10. The van der Waals surface area contributed by atoms with Crippen molar-refractivity contribution in [2.24, 2.45) is 0 Å². The molecule has 15 rings (SSSR count). The minimum Gasteiger partial charge on any atom is -0.456 e. The van der Waals surface area contributed by atoms with Crippen molar-refractivity contribution >= 4 is 109 Å². The average molecular weight is 845 g/mol. The molecule has 0 N–H and O–H groups in total. The molecule has 0 saturated heterocycles. The summed E-state index contributed by atoms with van der Waals surface area (Å²) in [4.78, 5) is 16.5. The molecular weight excluding hydrogens is 813 g/mol. The lowest BCUT2D eigenvalue weighted by Gasteiger charge is -2.18. The predicted molar refractivity (Wildman–Crippen MR) is 267 cm³/mol. The number of hydrogen-bond acceptors (Lipinski definition) is 6. The molecule has 15 aromatic rings. The van der Waals surface area contributed by atoms with Crippen molar-refractivity contribution in [3.63, 3.8) is 0 Å². The van der Waals surface area contributed by atoms with E-state index in [1.54, 1.807) is 0 Å². The fraction of sp³-hybridized carbons (Fsp3) is 0. The van der Waals surface area contributed by atoms with Crippen LogP contribution < -0.4 is 0 Å². The molecule has 0 atom stereocenters. The van der Waals surface area contributed by atoms with E-state index in [0.717, 1.165) is 126 Å². The molecule has 0 aliphatic rings. The number of fused-ring (bicyclic) bond motifs is 15. The van der Waals surface area contributed by atoms with E-state index in [0.29, 0.717) is 17.5 Å². The van der Waals surface area contributed by atoms with Crippen LogP contribution in [0.25, 0.3) is 149 Å². The van der Waals surface area contributed by atoms with Gasteiger partial charge in [-0.05, 0) is 89.0 Å². The molecule has 7 heteroatoms. The van der Waals surface area contributed by atoms with Gasteiger partial charge in [-0.1, -0.05) is 121 Å². The van der Waals surface area contributed by atoms with Gasteiger partial charge in [0.15, 0.2) is 17.5 Å². The predicted octanol–water partition coefficient (Wildman–Crippen LogP) is 16.0. The van der Waals surface area contributed by atoms with E-state index >= 15 is 0 Å². The number of benzene rings is 10. The van der Waals surface area contributed by atoms with Gasteiger partial charge in [-0.3, -0.25) is 0 Å². The second-order valence-electron chi connectivity index (χ2n) is 17.1. The molecule has 0 fully saturated rings. The van der Waals surface area contributed by atoms with Crippen molar-refractivity contribution in [3.8, 4) is 39.9 Å². The van der Waals surface area contributed by atoms with E-state index < -0.39 is 0 Å². The van der Waals surface area contributed by atoms with Gasteiger partial charge in [0.2, 0.25) is 0 Å². The van der Waals surface area contributed by atoms with E-state index in [-0.39, 0.29) is 0 Å². The number of para-hydroxylation sites is 4. The lowest BCUT2D eigenvalue weighted by molar-refractivity contribution is 0.668. The summed E-state index contributed by atoms with van der Waals surface area (Å²) in [6, 6.07) is 67.4. The van der Waals surface area contributed by atoms with Crippen molar-refractivity contribution in [2.75, 3.05) is 0 Å². The molecule has 0 unspecified atom stereocenters. The zero-order valence-electron chi connectivity index (χ0n) is 35.0. The summed E-state index contributed by atoms with van der Waals surface area (Å²) in [5, 5.41) is 12.6. The SMILES string of the molecule is c1ccc2cc3c(cc2c1)c1ccccc1n3-c1c(-c2nc(-c3ccc4oc5ccccc5c4c3)nc(-c3ccc4oc5ccccc5c4c3)n2)c2ccccc2c2oc3ccccc3c12. The number of rotatable bonds is 4. The first kappa shape index (κ1) is 35.4. The van der Waals surface area contributed by atoms with Crippen LogP contribution in [0.4, 0.5) is 0 Å². The molecule has 0 aliphatic heterocycles. The third kappa shape index (κ3) is 4.99. The lowest BCUT2D eigenvalue weighted by Crippen LogP contribution is -2.05. The molecule has 10 aromatic carbocycles. The molecule has 306 valence electrons. The topological polar surface area (TPSA) is 83.0 Å². The highest BCUT2D eigenvalue weighted by molar-refractivity contribution is 6.26. The van der Waals surface area contributed by atoms with Gasteiger partial charge in [-0.25, -0.2) is 15.0 Å². The molecule has 5 aromatic heterocycles. The molecule has 5 heterocycles. The lowest BCUT2D eigenvalue weighted by atomic mass is 9.96. The maximum atomic E-state index is 6.93. The Balaban J connectivity index is 1.12. The monoisotopic (exact) mass is 844 g/mol. The standard InChI is InChI=1S/C59H32N4O3/c1-2-14-34-32-47-43(29-33(34)13-1)37-15-5-9-21-46(37)63(47)55-53-42-20-8-12-24-50(42)66-56(53)41-19-4-3-18-40(41)54(55)59-61-57(35-25-27-51-44(30-35)38-16-6-10-22-48(38)64-51)60-58(62-59)36-26-28-52-45(31-36)39-17-7-11-23-49(39)65-52/h1-32H. The van der Waals surface area contributed by atoms with Crippen molar-refractivity contribution < 1.29 is 13.3 Å². The molecule has 0 aliphatic carbocycles. The quantitative estimate of drug-likeness (QED) is 0.175. The van der Waals surface area contributed by atoms with Crippen LogP contribution in [0, 0.1) is 0 Å². The summed E-state index contributed by atoms with van der Waals surface area (Å²) >= 11 is 0. The third-order valence-corrected chi connectivity index (χ3v) is 13.4. The number of nitrogens with zero attached hydrogens (tertiary/aromatic N) is 4. The van der Waals surface area contributed by atoms with E-state index in [4.69, 9.17) is 28.2 Å². The highest BCUT2D eigenvalue weighted by Crippen LogP contribution is 2.48. The van der Waals surface area contributed by atoms with E-state index in [1.807, 2.05) is 66.7 Å². The van der Waals surface area contributed by atoms with Crippen LogP contribution in [-0.2, 0) is 0 Å².